The predicted molar refractivity (Wildman–Crippen MR) is 93.2 cm³/mol. The Balaban J connectivity index is 2.02. The molecular weight excluding hydrogens is 328 g/mol. The minimum Gasteiger partial charge on any atom is -0.340 e. The van der Waals surface area contributed by atoms with Gasteiger partial charge in [-0.25, -0.2) is 8.42 Å². The van der Waals surface area contributed by atoms with E-state index in [1.165, 1.54) is 10.6 Å². The van der Waals surface area contributed by atoms with Crippen LogP contribution in [0.25, 0.3) is 0 Å². The molecule has 8 heteroatoms. The lowest BCUT2D eigenvalue weighted by atomic mass is 10.1. The maximum Gasteiger partial charge on any atom is 0.227 e. The second-order valence-corrected chi connectivity index (χ2v) is 8.93. The smallest absolute Gasteiger partial charge is 0.227 e. The Morgan fingerprint density at radius 3 is 2.25 bits per heavy atom. The summed E-state index contributed by atoms with van der Waals surface area (Å²) in [6, 6.07) is 0. The molecule has 1 aliphatic heterocycles. The summed E-state index contributed by atoms with van der Waals surface area (Å²) >= 11 is 0. The summed E-state index contributed by atoms with van der Waals surface area (Å²) in [5.74, 6) is 0.536. The molecule has 24 heavy (non-hydrogen) atoms. The van der Waals surface area contributed by atoms with E-state index >= 15 is 0 Å². The molecule has 0 spiro atoms. The van der Waals surface area contributed by atoms with Gasteiger partial charge in [0.2, 0.25) is 15.9 Å². The number of nitrogens with zero attached hydrogens (tertiary/aromatic N) is 4. The van der Waals surface area contributed by atoms with Crippen LogP contribution in [0.5, 0.6) is 0 Å². The number of hydrogen-bond acceptors (Lipinski definition) is 4. The molecular formula is C16H28N4O3S. The molecule has 1 aromatic heterocycles. The molecule has 0 bridgehead atoms. The quantitative estimate of drug-likeness (QED) is 0.782. The summed E-state index contributed by atoms with van der Waals surface area (Å²) in [4.78, 5) is 14.3. The van der Waals surface area contributed by atoms with Crippen LogP contribution < -0.4 is 0 Å². The van der Waals surface area contributed by atoms with Crippen molar-refractivity contribution >= 4 is 15.9 Å². The molecule has 0 N–H and O–H groups in total. The maximum absolute atomic E-state index is 12.6. The molecule has 0 saturated carbocycles. The molecule has 1 saturated heterocycles. The normalized spacial score (nSPS) is 16.8. The van der Waals surface area contributed by atoms with E-state index < -0.39 is 10.0 Å². The first-order chi connectivity index (χ1) is 11.1. The average Bonchev–Trinajstić information content (AvgIpc) is 2.73. The van der Waals surface area contributed by atoms with Crippen molar-refractivity contribution in [2.24, 2.45) is 5.92 Å². The Morgan fingerprint density at radius 1 is 1.17 bits per heavy atom. The molecule has 1 aliphatic rings. The highest BCUT2D eigenvalue weighted by Gasteiger charge is 2.27. The zero-order chi connectivity index (χ0) is 18.1. The zero-order valence-electron chi connectivity index (χ0n) is 15.2. The molecule has 0 radical (unpaired) electrons. The third kappa shape index (κ3) is 4.36. The van der Waals surface area contributed by atoms with Gasteiger partial charge in [0.05, 0.1) is 18.4 Å². The third-order valence-corrected chi connectivity index (χ3v) is 5.76. The summed E-state index contributed by atoms with van der Waals surface area (Å²) < 4.78 is 26.5. The molecule has 2 heterocycles. The van der Waals surface area contributed by atoms with E-state index in [0.29, 0.717) is 38.5 Å². The first-order valence-electron chi connectivity index (χ1n) is 8.35. The molecule has 2 rings (SSSR count). The molecule has 0 aromatic carbocycles. The summed E-state index contributed by atoms with van der Waals surface area (Å²) in [5.41, 5.74) is 2.94. The van der Waals surface area contributed by atoms with Crippen molar-refractivity contribution in [3.63, 3.8) is 0 Å². The summed E-state index contributed by atoms with van der Waals surface area (Å²) in [6.45, 7) is 10.7. The highest BCUT2D eigenvalue weighted by atomic mass is 32.2. The van der Waals surface area contributed by atoms with Gasteiger partial charge in [-0.15, -0.1) is 0 Å². The number of rotatable bonds is 5. The van der Waals surface area contributed by atoms with Crippen molar-refractivity contribution in [2.45, 2.75) is 40.7 Å². The fraction of sp³-hybridized carbons (Fsp3) is 0.750. The van der Waals surface area contributed by atoms with Crippen molar-refractivity contribution in [3.8, 4) is 0 Å². The van der Waals surface area contributed by atoms with Crippen LogP contribution in [0.3, 0.4) is 0 Å². The maximum atomic E-state index is 12.6. The fourth-order valence-corrected chi connectivity index (χ4v) is 3.87. The third-order valence-electron chi connectivity index (χ3n) is 4.46. The van der Waals surface area contributed by atoms with E-state index in [0.717, 1.165) is 23.5 Å². The Kier molecular flexibility index (Phi) is 5.70. The van der Waals surface area contributed by atoms with Gasteiger partial charge >= 0.3 is 0 Å². The molecule has 0 unspecified atom stereocenters. The minimum atomic E-state index is -3.17. The number of sulfonamides is 1. The van der Waals surface area contributed by atoms with Gasteiger partial charge in [0.15, 0.2) is 0 Å². The topological polar surface area (TPSA) is 75.5 Å². The van der Waals surface area contributed by atoms with Gasteiger partial charge in [-0.05, 0) is 19.8 Å². The van der Waals surface area contributed by atoms with Crippen LogP contribution in [0.4, 0.5) is 0 Å². The largest absolute Gasteiger partial charge is 0.340 e. The monoisotopic (exact) mass is 356 g/mol. The van der Waals surface area contributed by atoms with E-state index in [1.54, 1.807) is 4.90 Å². The van der Waals surface area contributed by atoms with E-state index in [9.17, 15) is 13.2 Å². The molecule has 1 amide bonds. The number of aromatic nitrogens is 2. The molecule has 1 aromatic rings. The standard InChI is InChI=1S/C16H28N4O3S/c1-12(2)11-20-14(4)15(13(3)17-20)10-16(21)18-6-8-19(9-7-18)24(5,22)23/h12H,6-11H2,1-5H3. The van der Waals surface area contributed by atoms with Crippen LogP contribution in [-0.4, -0.2) is 65.7 Å². The van der Waals surface area contributed by atoms with Gasteiger partial charge in [0, 0.05) is 44.0 Å². The van der Waals surface area contributed by atoms with Gasteiger partial charge in [-0.1, -0.05) is 13.8 Å². The lowest BCUT2D eigenvalue weighted by Crippen LogP contribution is -2.50. The zero-order valence-corrected chi connectivity index (χ0v) is 16.1. The van der Waals surface area contributed by atoms with E-state index in [1.807, 2.05) is 18.5 Å². The highest BCUT2D eigenvalue weighted by Crippen LogP contribution is 2.17. The van der Waals surface area contributed by atoms with Gasteiger partial charge in [0.25, 0.3) is 0 Å². The first-order valence-corrected chi connectivity index (χ1v) is 10.2. The van der Waals surface area contributed by atoms with Crippen LogP contribution in [-0.2, 0) is 27.8 Å². The van der Waals surface area contributed by atoms with Gasteiger partial charge in [0.1, 0.15) is 0 Å². The van der Waals surface area contributed by atoms with Gasteiger partial charge in [-0.2, -0.15) is 9.40 Å². The van der Waals surface area contributed by atoms with Crippen LogP contribution in [0, 0.1) is 19.8 Å². The Bertz CT molecular complexity index is 701. The molecule has 0 atom stereocenters. The predicted octanol–water partition coefficient (Wildman–Crippen LogP) is 0.802. The van der Waals surface area contributed by atoms with E-state index in [-0.39, 0.29) is 5.91 Å². The van der Waals surface area contributed by atoms with Gasteiger partial charge < -0.3 is 4.90 Å². The molecule has 0 aliphatic carbocycles. The van der Waals surface area contributed by atoms with Crippen LogP contribution in [0.15, 0.2) is 0 Å². The molecule has 7 nitrogen and oxygen atoms in total. The Hall–Kier alpha value is -1.41. The second kappa shape index (κ2) is 7.23. The molecule has 136 valence electrons. The minimum absolute atomic E-state index is 0.0402. The Morgan fingerprint density at radius 2 is 1.75 bits per heavy atom. The Labute approximate surface area is 144 Å². The molecule has 1 fully saturated rings. The summed E-state index contributed by atoms with van der Waals surface area (Å²) in [7, 11) is -3.17. The number of carbonyl (C=O) groups excluding carboxylic acids is 1. The average molecular weight is 356 g/mol. The van der Waals surface area contributed by atoms with Crippen molar-refractivity contribution in [1.82, 2.24) is 19.0 Å². The van der Waals surface area contributed by atoms with Crippen LogP contribution in [0.1, 0.15) is 30.8 Å². The fourth-order valence-electron chi connectivity index (χ4n) is 3.05. The SMILES string of the molecule is Cc1nn(CC(C)C)c(C)c1CC(=O)N1CCN(S(C)(=O)=O)CC1. The van der Waals surface area contributed by atoms with Crippen molar-refractivity contribution < 1.29 is 13.2 Å². The lowest BCUT2D eigenvalue weighted by molar-refractivity contribution is -0.131. The first kappa shape index (κ1) is 18.9. The van der Waals surface area contributed by atoms with Crippen molar-refractivity contribution in [1.29, 1.82) is 0 Å². The van der Waals surface area contributed by atoms with Gasteiger partial charge in [-0.3, -0.25) is 9.48 Å². The summed E-state index contributed by atoms with van der Waals surface area (Å²) in [5, 5.41) is 4.55. The van der Waals surface area contributed by atoms with Crippen molar-refractivity contribution in [2.75, 3.05) is 32.4 Å². The number of piperazine rings is 1. The van der Waals surface area contributed by atoms with Crippen LogP contribution in [0.2, 0.25) is 0 Å². The lowest BCUT2D eigenvalue weighted by Gasteiger charge is -2.33. The van der Waals surface area contributed by atoms with E-state index in [4.69, 9.17) is 0 Å². The number of carbonyl (C=O) groups is 1. The summed E-state index contributed by atoms with van der Waals surface area (Å²) in [6.07, 6.45) is 1.54. The van der Waals surface area contributed by atoms with Crippen molar-refractivity contribution in [3.05, 3.63) is 17.0 Å². The number of hydrogen-bond donors (Lipinski definition) is 0. The second-order valence-electron chi connectivity index (χ2n) is 6.94. The number of aryl methyl sites for hydroxylation is 1. The van der Waals surface area contributed by atoms with E-state index in [2.05, 4.69) is 18.9 Å². The highest BCUT2D eigenvalue weighted by molar-refractivity contribution is 7.88. The number of amides is 1. The van der Waals surface area contributed by atoms with Crippen LogP contribution >= 0.6 is 0 Å².